The molecule has 2 aliphatic carbocycles. The summed E-state index contributed by atoms with van der Waals surface area (Å²) in [4.78, 5) is 0. The van der Waals surface area contributed by atoms with Crippen LogP contribution in [0.3, 0.4) is 0 Å². The van der Waals surface area contributed by atoms with Crippen molar-refractivity contribution in [1.82, 2.24) is 0 Å². The molecule has 0 aromatic carbocycles. The first kappa shape index (κ1) is 13.1. The summed E-state index contributed by atoms with van der Waals surface area (Å²) in [5, 5.41) is 20.5. The van der Waals surface area contributed by atoms with Crippen LogP contribution < -0.4 is 0 Å². The largest absolute Gasteiger partial charge is 0.396 e. The van der Waals surface area contributed by atoms with Gasteiger partial charge in [0.1, 0.15) is 0 Å². The van der Waals surface area contributed by atoms with E-state index in [0.29, 0.717) is 17.8 Å². The molecule has 2 fully saturated rings. The molecule has 0 aromatic heterocycles. The molecule has 0 saturated heterocycles. The van der Waals surface area contributed by atoms with Crippen LogP contribution in [0.1, 0.15) is 46.5 Å². The third-order valence-electron chi connectivity index (χ3n) is 5.09. The molecule has 2 N–H and O–H groups in total. The van der Waals surface area contributed by atoms with Gasteiger partial charge in [0.2, 0.25) is 0 Å². The maximum absolute atomic E-state index is 11.0. The van der Waals surface area contributed by atoms with E-state index >= 15 is 0 Å². The quantitative estimate of drug-likeness (QED) is 0.726. The zero-order chi connectivity index (χ0) is 12.8. The third-order valence-corrected chi connectivity index (χ3v) is 5.09. The van der Waals surface area contributed by atoms with Crippen molar-refractivity contribution >= 4 is 0 Å². The lowest BCUT2D eigenvalue weighted by Crippen LogP contribution is -2.50. The summed E-state index contributed by atoms with van der Waals surface area (Å²) in [6.45, 7) is 10.7. The van der Waals surface area contributed by atoms with Crippen LogP contribution in [0.2, 0.25) is 0 Å². The van der Waals surface area contributed by atoms with Crippen LogP contribution in [0.15, 0.2) is 12.2 Å². The lowest BCUT2D eigenvalue weighted by molar-refractivity contribution is -0.0854. The molecule has 2 rings (SSSR count). The summed E-state index contributed by atoms with van der Waals surface area (Å²) in [6.07, 6.45) is 4.03. The van der Waals surface area contributed by atoms with Crippen LogP contribution in [-0.2, 0) is 0 Å². The summed E-state index contributed by atoms with van der Waals surface area (Å²) in [5.41, 5.74) is 0.335. The Bertz CT molecular complexity index is 321. The molecule has 2 nitrogen and oxygen atoms in total. The number of aliphatic hydroxyl groups excluding tert-OH is 1. The molecule has 4 unspecified atom stereocenters. The molecule has 0 heterocycles. The maximum atomic E-state index is 11.0. The molecule has 0 aliphatic heterocycles. The van der Waals surface area contributed by atoms with Crippen LogP contribution in [0.4, 0.5) is 0 Å². The van der Waals surface area contributed by atoms with E-state index in [0.717, 1.165) is 31.3 Å². The van der Waals surface area contributed by atoms with Crippen molar-refractivity contribution in [3.63, 3.8) is 0 Å². The van der Waals surface area contributed by atoms with E-state index in [-0.39, 0.29) is 12.0 Å². The molecule has 2 heteroatoms. The first-order valence-electron chi connectivity index (χ1n) is 6.79. The van der Waals surface area contributed by atoms with E-state index in [4.69, 9.17) is 0 Å². The highest BCUT2D eigenvalue weighted by Gasteiger charge is 2.54. The van der Waals surface area contributed by atoms with Gasteiger partial charge in [-0.25, -0.2) is 0 Å². The predicted molar refractivity (Wildman–Crippen MR) is 69.6 cm³/mol. The Morgan fingerprint density at radius 1 is 1.35 bits per heavy atom. The lowest BCUT2D eigenvalue weighted by atomic mass is 9.58. The number of aliphatic hydroxyl groups is 2. The van der Waals surface area contributed by atoms with Crippen LogP contribution >= 0.6 is 0 Å². The lowest BCUT2D eigenvalue weighted by Gasteiger charge is -2.50. The van der Waals surface area contributed by atoms with E-state index in [2.05, 4.69) is 20.4 Å². The minimum absolute atomic E-state index is 0.145. The molecule has 0 radical (unpaired) electrons. The highest BCUT2D eigenvalue weighted by molar-refractivity contribution is 5.19. The van der Waals surface area contributed by atoms with Crippen molar-refractivity contribution in [3.8, 4) is 0 Å². The van der Waals surface area contributed by atoms with Crippen molar-refractivity contribution in [3.05, 3.63) is 12.2 Å². The Morgan fingerprint density at radius 3 is 2.53 bits per heavy atom. The van der Waals surface area contributed by atoms with E-state index < -0.39 is 5.60 Å². The van der Waals surface area contributed by atoms with Gasteiger partial charge in [0, 0.05) is 6.61 Å². The number of hydrogen-bond acceptors (Lipinski definition) is 2. The third kappa shape index (κ3) is 2.06. The number of hydrogen-bond donors (Lipinski definition) is 2. The van der Waals surface area contributed by atoms with Crippen LogP contribution in [0.25, 0.3) is 0 Å². The molecule has 0 spiro atoms. The smallest absolute Gasteiger partial charge is 0.0887 e. The van der Waals surface area contributed by atoms with Gasteiger partial charge in [0.05, 0.1) is 5.60 Å². The Kier molecular flexibility index (Phi) is 3.16. The van der Waals surface area contributed by atoms with Gasteiger partial charge >= 0.3 is 0 Å². The fourth-order valence-electron chi connectivity index (χ4n) is 4.32. The SMILES string of the molecule is C=C(C)C1(O)CC(C)(C)CC2C(CO)CCC21. The summed E-state index contributed by atoms with van der Waals surface area (Å²) < 4.78 is 0. The summed E-state index contributed by atoms with van der Waals surface area (Å²) in [6, 6.07) is 0. The van der Waals surface area contributed by atoms with Crippen molar-refractivity contribution in [2.45, 2.75) is 52.1 Å². The van der Waals surface area contributed by atoms with E-state index in [1.165, 1.54) is 0 Å². The highest BCUT2D eigenvalue weighted by atomic mass is 16.3. The topological polar surface area (TPSA) is 40.5 Å². The van der Waals surface area contributed by atoms with Crippen molar-refractivity contribution in [1.29, 1.82) is 0 Å². The second-order valence-electron chi connectivity index (χ2n) is 7.04. The fourth-order valence-corrected chi connectivity index (χ4v) is 4.32. The summed E-state index contributed by atoms with van der Waals surface area (Å²) >= 11 is 0. The van der Waals surface area contributed by atoms with Crippen molar-refractivity contribution in [2.24, 2.45) is 23.2 Å². The highest BCUT2D eigenvalue weighted by Crippen LogP contribution is 2.57. The first-order valence-corrected chi connectivity index (χ1v) is 6.79. The molecular formula is C15H26O2. The average Bonchev–Trinajstić information content (AvgIpc) is 2.58. The Morgan fingerprint density at radius 2 is 2.00 bits per heavy atom. The molecule has 17 heavy (non-hydrogen) atoms. The fraction of sp³-hybridized carbons (Fsp3) is 0.867. The monoisotopic (exact) mass is 238 g/mol. The van der Waals surface area contributed by atoms with E-state index in [9.17, 15) is 10.2 Å². The van der Waals surface area contributed by atoms with Crippen LogP contribution in [0, 0.1) is 23.2 Å². The second-order valence-corrected chi connectivity index (χ2v) is 7.04. The molecule has 0 aromatic rings. The molecule has 0 bridgehead atoms. The molecule has 98 valence electrons. The zero-order valence-electron chi connectivity index (χ0n) is 11.4. The minimum Gasteiger partial charge on any atom is -0.396 e. The normalized spacial score (nSPS) is 44.4. The van der Waals surface area contributed by atoms with Gasteiger partial charge in [-0.15, -0.1) is 0 Å². The summed E-state index contributed by atoms with van der Waals surface area (Å²) in [7, 11) is 0. The molecular weight excluding hydrogens is 212 g/mol. The van der Waals surface area contributed by atoms with Gasteiger partial charge in [-0.1, -0.05) is 20.4 Å². The van der Waals surface area contributed by atoms with Gasteiger partial charge in [0.15, 0.2) is 0 Å². The van der Waals surface area contributed by atoms with Crippen molar-refractivity contribution in [2.75, 3.05) is 6.61 Å². The molecule has 2 saturated carbocycles. The van der Waals surface area contributed by atoms with Gasteiger partial charge in [-0.3, -0.25) is 0 Å². The second kappa shape index (κ2) is 4.10. The molecule has 2 aliphatic rings. The van der Waals surface area contributed by atoms with Crippen LogP contribution in [-0.4, -0.2) is 22.4 Å². The minimum atomic E-state index is -0.712. The maximum Gasteiger partial charge on any atom is 0.0887 e. The Balaban J connectivity index is 2.33. The standard InChI is InChI=1S/C15H26O2/c1-10(2)15(17)9-14(3,4)7-12-11(8-16)5-6-13(12)15/h11-13,16-17H,1,5-9H2,2-4H3. The molecule has 4 atom stereocenters. The zero-order valence-corrected chi connectivity index (χ0v) is 11.4. The van der Waals surface area contributed by atoms with E-state index in [1.54, 1.807) is 0 Å². The van der Waals surface area contributed by atoms with Gasteiger partial charge in [-0.05, 0) is 61.3 Å². The Hall–Kier alpha value is -0.340. The number of fused-ring (bicyclic) bond motifs is 1. The van der Waals surface area contributed by atoms with E-state index in [1.807, 2.05) is 6.92 Å². The van der Waals surface area contributed by atoms with Gasteiger partial charge < -0.3 is 10.2 Å². The average molecular weight is 238 g/mol. The summed E-state index contributed by atoms with van der Waals surface area (Å²) in [5.74, 6) is 1.15. The Labute approximate surface area is 105 Å². The van der Waals surface area contributed by atoms with Gasteiger partial charge in [0.25, 0.3) is 0 Å². The van der Waals surface area contributed by atoms with Gasteiger partial charge in [-0.2, -0.15) is 0 Å². The van der Waals surface area contributed by atoms with Crippen LogP contribution in [0.5, 0.6) is 0 Å². The van der Waals surface area contributed by atoms with Crippen molar-refractivity contribution < 1.29 is 10.2 Å². The number of rotatable bonds is 2. The molecule has 0 amide bonds. The first-order chi connectivity index (χ1) is 7.80. The predicted octanol–water partition coefficient (Wildman–Crippen LogP) is 2.75.